The summed E-state index contributed by atoms with van der Waals surface area (Å²) in [5, 5.41) is 2.18. The van der Waals surface area contributed by atoms with E-state index in [-0.39, 0.29) is 6.04 Å². The minimum absolute atomic E-state index is 0.325. The molecule has 0 aliphatic rings. The molecule has 0 aliphatic heterocycles. The number of rotatable bonds is 5. The zero-order chi connectivity index (χ0) is 20.4. The van der Waals surface area contributed by atoms with Crippen LogP contribution in [0.4, 0.5) is 0 Å². The van der Waals surface area contributed by atoms with E-state index in [1.54, 1.807) is 0 Å². The molecule has 0 fully saturated rings. The maximum atomic E-state index is 5.95. The summed E-state index contributed by atoms with van der Waals surface area (Å²) in [6.07, 6.45) is 6.96. The SMILES string of the molecule is C#CC(N=C(c1cccc(C)c1)C(C)CC)c1ccc2oc3ccccc3c2c1. The number of para-hydroxylation sites is 1. The number of hydrogen-bond donors (Lipinski definition) is 0. The highest BCUT2D eigenvalue weighted by Crippen LogP contribution is 2.32. The zero-order valence-electron chi connectivity index (χ0n) is 17.1. The molecule has 0 spiro atoms. The Balaban J connectivity index is 1.82. The van der Waals surface area contributed by atoms with Crippen molar-refractivity contribution in [1.82, 2.24) is 0 Å². The lowest BCUT2D eigenvalue weighted by molar-refractivity contribution is 0.668. The second-order valence-electron chi connectivity index (χ2n) is 7.62. The Kier molecular flexibility index (Phi) is 5.23. The van der Waals surface area contributed by atoms with Crippen LogP contribution in [0.2, 0.25) is 0 Å². The molecule has 0 amide bonds. The fourth-order valence-corrected chi connectivity index (χ4v) is 3.74. The third-order valence-electron chi connectivity index (χ3n) is 5.54. The molecule has 0 saturated heterocycles. The van der Waals surface area contributed by atoms with E-state index in [0.717, 1.165) is 45.2 Å². The van der Waals surface area contributed by atoms with Crippen molar-refractivity contribution in [3.63, 3.8) is 0 Å². The molecule has 29 heavy (non-hydrogen) atoms. The summed E-state index contributed by atoms with van der Waals surface area (Å²) in [5.41, 5.74) is 6.21. The van der Waals surface area contributed by atoms with Crippen molar-refractivity contribution in [3.8, 4) is 12.3 Å². The van der Waals surface area contributed by atoms with Crippen molar-refractivity contribution in [2.45, 2.75) is 33.2 Å². The van der Waals surface area contributed by atoms with Crippen LogP contribution >= 0.6 is 0 Å². The van der Waals surface area contributed by atoms with Gasteiger partial charge in [-0.2, -0.15) is 0 Å². The van der Waals surface area contributed by atoms with Gasteiger partial charge in [0.05, 0.1) is 0 Å². The van der Waals surface area contributed by atoms with Gasteiger partial charge in [-0.3, -0.25) is 4.99 Å². The molecule has 2 nitrogen and oxygen atoms in total. The quantitative estimate of drug-likeness (QED) is 0.268. The van der Waals surface area contributed by atoms with Gasteiger partial charge in [-0.05, 0) is 48.6 Å². The van der Waals surface area contributed by atoms with Crippen LogP contribution in [0.5, 0.6) is 0 Å². The molecule has 0 aliphatic carbocycles. The number of benzene rings is 3. The highest BCUT2D eigenvalue weighted by molar-refractivity contribution is 6.05. The number of hydrogen-bond acceptors (Lipinski definition) is 2. The van der Waals surface area contributed by atoms with E-state index in [9.17, 15) is 0 Å². The smallest absolute Gasteiger partial charge is 0.135 e. The van der Waals surface area contributed by atoms with Crippen LogP contribution in [-0.2, 0) is 0 Å². The number of aryl methyl sites for hydroxylation is 1. The van der Waals surface area contributed by atoms with Gasteiger partial charge in [0.25, 0.3) is 0 Å². The van der Waals surface area contributed by atoms with E-state index in [2.05, 4.69) is 63.1 Å². The van der Waals surface area contributed by atoms with Gasteiger partial charge >= 0.3 is 0 Å². The Bertz CT molecular complexity index is 1240. The molecule has 2 atom stereocenters. The third kappa shape index (κ3) is 3.69. The summed E-state index contributed by atoms with van der Waals surface area (Å²) in [7, 11) is 0. The average molecular weight is 380 g/mol. The molecule has 2 unspecified atom stereocenters. The third-order valence-corrected chi connectivity index (χ3v) is 5.54. The van der Waals surface area contributed by atoms with Crippen molar-refractivity contribution in [3.05, 3.63) is 83.4 Å². The lowest BCUT2D eigenvalue weighted by Crippen LogP contribution is -2.14. The highest BCUT2D eigenvalue weighted by atomic mass is 16.3. The maximum Gasteiger partial charge on any atom is 0.135 e. The summed E-state index contributed by atoms with van der Waals surface area (Å²) in [6, 6.07) is 22.4. The van der Waals surface area contributed by atoms with Crippen LogP contribution in [0, 0.1) is 25.2 Å². The van der Waals surface area contributed by atoms with Gasteiger partial charge in [-0.25, -0.2) is 0 Å². The van der Waals surface area contributed by atoms with Gasteiger partial charge in [0, 0.05) is 16.5 Å². The first-order valence-electron chi connectivity index (χ1n) is 10.1. The standard InChI is InChI=1S/C27H25NO/c1-5-19(4)27(21-11-9-10-18(3)16-21)28-24(6-2)20-14-15-26-23(17-20)22-12-7-8-13-25(22)29-26/h2,7-17,19,24H,5H2,1,3-4H3. The van der Waals surface area contributed by atoms with Gasteiger partial charge in [0.1, 0.15) is 17.2 Å². The Morgan fingerprint density at radius 2 is 1.79 bits per heavy atom. The molecule has 1 heterocycles. The summed E-state index contributed by atoms with van der Waals surface area (Å²) in [6.45, 7) is 6.50. The normalized spacial score (nSPS) is 14.1. The number of fused-ring (bicyclic) bond motifs is 3. The summed E-state index contributed by atoms with van der Waals surface area (Å²) in [5.74, 6) is 3.22. The Morgan fingerprint density at radius 3 is 2.55 bits per heavy atom. The van der Waals surface area contributed by atoms with E-state index in [0.29, 0.717) is 5.92 Å². The molecule has 2 heteroatoms. The van der Waals surface area contributed by atoms with Gasteiger partial charge < -0.3 is 4.42 Å². The van der Waals surface area contributed by atoms with E-state index >= 15 is 0 Å². The van der Waals surface area contributed by atoms with Gasteiger partial charge in [0.15, 0.2) is 0 Å². The first kappa shape index (κ1) is 19.0. The van der Waals surface area contributed by atoms with Crippen LogP contribution < -0.4 is 0 Å². The number of furan rings is 1. The molecule has 0 N–H and O–H groups in total. The van der Waals surface area contributed by atoms with Crippen LogP contribution in [0.15, 0.2) is 76.1 Å². The molecule has 0 bridgehead atoms. The summed E-state index contributed by atoms with van der Waals surface area (Å²) >= 11 is 0. The number of terminal acetylenes is 1. The molecule has 4 rings (SSSR count). The largest absolute Gasteiger partial charge is 0.456 e. The molecule has 3 aromatic carbocycles. The van der Waals surface area contributed by atoms with Crippen molar-refractivity contribution in [2.24, 2.45) is 10.9 Å². The van der Waals surface area contributed by atoms with Crippen molar-refractivity contribution < 1.29 is 4.42 Å². The first-order chi connectivity index (χ1) is 14.1. The Hall–Kier alpha value is -3.31. The predicted molar refractivity (Wildman–Crippen MR) is 122 cm³/mol. The second-order valence-corrected chi connectivity index (χ2v) is 7.62. The monoisotopic (exact) mass is 379 g/mol. The fourth-order valence-electron chi connectivity index (χ4n) is 3.74. The maximum absolute atomic E-state index is 5.95. The summed E-state index contributed by atoms with van der Waals surface area (Å²) in [4.78, 5) is 5.07. The molecule has 144 valence electrons. The number of aliphatic imine (C=N–C) groups is 1. The lowest BCUT2D eigenvalue weighted by atomic mass is 9.94. The van der Waals surface area contributed by atoms with Gasteiger partial charge in [0.2, 0.25) is 0 Å². The highest BCUT2D eigenvalue weighted by Gasteiger charge is 2.17. The first-order valence-corrected chi connectivity index (χ1v) is 10.1. The van der Waals surface area contributed by atoms with Gasteiger partial charge in [-0.15, -0.1) is 6.42 Å². The van der Waals surface area contributed by atoms with E-state index < -0.39 is 0 Å². The topological polar surface area (TPSA) is 25.5 Å². The van der Waals surface area contributed by atoms with Crippen LogP contribution in [-0.4, -0.2) is 5.71 Å². The fraction of sp³-hybridized carbons (Fsp3) is 0.222. The van der Waals surface area contributed by atoms with E-state index in [1.165, 1.54) is 5.56 Å². The van der Waals surface area contributed by atoms with Crippen molar-refractivity contribution in [1.29, 1.82) is 0 Å². The van der Waals surface area contributed by atoms with Gasteiger partial charge in [-0.1, -0.05) is 73.9 Å². The average Bonchev–Trinajstić information content (AvgIpc) is 3.12. The van der Waals surface area contributed by atoms with Crippen molar-refractivity contribution in [2.75, 3.05) is 0 Å². The number of nitrogens with zero attached hydrogens (tertiary/aromatic N) is 1. The molecule has 1 aromatic heterocycles. The van der Waals surface area contributed by atoms with E-state index in [4.69, 9.17) is 15.8 Å². The Labute approximate surface area is 172 Å². The van der Waals surface area contributed by atoms with Crippen molar-refractivity contribution >= 4 is 27.7 Å². The minimum Gasteiger partial charge on any atom is -0.456 e. The minimum atomic E-state index is -0.336. The molecule has 0 radical (unpaired) electrons. The molecular formula is C27H25NO. The second kappa shape index (κ2) is 7.97. The lowest BCUT2D eigenvalue weighted by Gasteiger charge is -2.17. The molecular weight excluding hydrogens is 354 g/mol. The molecule has 0 saturated carbocycles. The zero-order valence-corrected chi connectivity index (χ0v) is 17.1. The Morgan fingerprint density at radius 1 is 1.00 bits per heavy atom. The predicted octanol–water partition coefficient (Wildman–Crippen LogP) is 7.10. The van der Waals surface area contributed by atoms with E-state index in [1.807, 2.05) is 30.3 Å². The van der Waals surface area contributed by atoms with Crippen LogP contribution in [0.3, 0.4) is 0 Å². The molecule has 4 aromatic rings. The van der Waals surface area contributed by atoms with Crippen LogP contribution in [0.25, 0.3) is 21.9 Å². The summed E-state index contributed by atoms with van der Waals surface area (Å²) < 4.78 is 5.95. The van der Waals surface area contributed by atoms with Crippen LogP contribution in [0.1, 0.15) is 43.0 Å².